The van der Waals surface area contributed by atoms with E-state index in [1.165, 1.54) is 0 Å². The molecule has 4 unspecified atom stereocenters. The van der Waals surface area contributed by atoms with Gasteiger partial charge in [-0.3, -0.25) is 0 Å². The van der Waals surface area contributed by atoms with E-state index in [1.807, 2.05) is 0 Å². The molecule has 5 heteroatoms. The second kappa shape index (κ2) is 7.27. The van der Waals surface area contributed by atoms with Crippen molar-refractivity contribution in [2.75, 3.05) is 13.2 Å². The number of ether oxygens (including phenoxy) is 1. The molecule has 0 aliphatic heterocycles. The van der Waals surface area contributed by atoms with E-state index in [9.17, 15) is 18.3 Å². The van der Waals surface area contributed by atoms with Crippen LogP contribution in [-0.4, -0.2) is 30.6 Å². The molecule has 2 saturated carbocycles. The molecule has 0 saturated heterocycles. The van der Waals surface area contributed by atoms with Gasteiger partial charge in [0.15, 0.2) is 0 Å². The van der Waals surface area contributed by atoms with Gasteiger partial charge in [0.25, 0.3) is 0 Å². The second-order valence-corrected chi connectivity index (χ2v) is 10.0. The van der Waals surface area contributed by atoms with E-state index in [2.05, 4.69) is 41.5 Å². The summed E-state index contributed by atoms with van der Waals surface area (Å²) in [6.45, 7) is 14.4. The number of aliphatic hydroxyl groups excluding tert-OH is 1. The van der Waals surface area contributed by atoms with Crippen LogP contribution in [0.1, 0.15) is 73.6 Å². The van der Waals surface area contributed by atoms with Gasteiger partial charge in [-0.1, -0.05) is 41.5 Å². The minimum absolute atomic E-state index is 0.00373. The largest absolute Gasteiger partial charge is 0.394 e. The molecule has 0 spiro atoms. The lowest BCUT2D eigenvalue weighted by Crippen LogP contribution is -2.31. The molecule has 2 nitrogen and oxygen atoms in total. The normalized spacial score (nSPS) is 31.7. The zero-order valence-electron chi connectivity index (χ0n) is 17.2. The van der Waals surface area contributed by atoms with Crippen molar-refractivity contribution in [1.29, 1.82) is 0 Å². The van der Waals surface area contributed by atoms with Crippen LogP contribution >= 0.6 is 0 Å². The monoisotopic (exact) mass is 378 g/mol. The van der Waals surface area contributed by atoms with Crippen LogP contribution in [0.4, 0.5) is 13.2 Å². The number of rotatable bonds is 10. The van der Waals surface area contributed by atoms with Crippen LogP contribution in [0, 0.1) is 34.0 Å². The summed E-state index contributed by atoms with van der Waals surface area (Å²) in [6.07, 6.45) is -3.24. The summed E-state index contributed by atoms with van der Waals surface area (Å²) >= 11 is 0. The summed E-state index contributed by atoms with van der Waals surface area (Å²) in [7, 11) is 0. The van der Waals surface area contributed by atoms with Gasteiger partial charge in [-0.25, -0.2) is 0 Å². The third-order valence-electron chi connectivity index (χ3n) is 7.81. The minimum Gasteiger partial charge on any atom is -0.391 e. The first-order valence-electron chi connectivity index (χ1n) is 10.1. The molecule has 154 valence electrons. The lowest BCUT2D eigenvalue weighted by atomic mass is 9.87. The van der Waals surface area contributed by atoms with Crippen molar-refractivity contribution < 1.29 is 23.0 Å². The van der Waals surface area contributed by atoms with Crippen molar-refractivity contribution >= 4 is 0 Å². The molecule has 2 aliphatic carbocycles. The van der Waals surface area contributed by atoms with Crippen molar-refractivity contribution in [2.45, 2.75) is 85.9 Å². The Balaban J connectivity index is 1.68. The quantitative estimate of drug-likeness (QED) is 0.485. The smallest absolute Gasteiger partial charge is 0.391 e. The Morgan fingerprint density at radius 1 is 1.12 bits per heavy atom. The average Bonchev–Trinajstić information content (AvgIpc) is 3.34. The Morgan fingerprint density at radius 2 is 1.69 bits per heavy atom. The van der Waals surface area contributed by atoms with Gasteiger partial charge in [0, 0.05) is 6.61 Å². The molecule has 0 aromatic carbocycles. The highest BCUT2D eigenvalue weighted by Crippen LogP contribution is 2.74. The zero-order valence-corrected chi connectivity index (χ0v) is 17.2. The molecule has 0 aromatic rings. The van der Waals surface area contributed by atoms with Crippen LogP contribution in [0.5, 0.6) is 0 Å². The molecule has 0 bridgehead atoms. The predicted octanol–water partition coefficient (Wildman–Crippen LogP) is 5.83. The maximum Gasteiger partial charge on any atom is 0.394 e. The lowest BCUT2D eigenvalue weighted by Gasteiger charge is -2.22. The van der Waals surface area contributed by atoms with Crippen molar-refractivity contribution in [3.63, 3.8) is 0 Å². The van der Waals surface area contributed by atoms with Gasteiger partial charge in [-0.05, 0) is 60.7 Å². The molecule has 0 amide bonds. The topological polar surface area (TPSA) is 29.5 Å². The van der Waals surface area contributed by atoms with Gasteiger partial charge < -0.3 is 9.84 Å². The number of aliphatic hydroxyl groups is 1. The first-order valence-corrected chi connectivity index (χ1v) is 10.1. The first-order chi connectivity index (χ1) is 11.8. The Bertz CT molecular complexity index is 482. The van der Waals surface area contributed by atoms with Gasteiger partial charge in [0.2, 0.25) is 0 Å². The summed E-state index contributed by atoms with van der Waals surface area (Å²) < 4.78 is 44.2. The highest BCUT2D eigenvalue weighted by molar-refractivity contribution is 5.16. The average molecular weight is 379 g/mol. The minimum atomic E-state index is -4.21. The maximum absolute atomic E-state index is 12.9. The van der Waals surface area contributed by atoms with Gasteiger partial charge in [-0.2, -0.15) is 13.2 Å². The third-order valence-corrected chi connectivity index (χ3v) is 7.81. The lowest BCUT2D eigenvalue weighted by molar-refractivity contribution is -0.196. The molecule has 2 rings (SSSR count). The Kier molecular flexibility index (Phi) is 6.15. The molecular weight excluding hydrogens is 341 g/mol. The summed E-state index contributed by atoms with van der Waals surface area (Å²) in [5.74, 6) is 2.04. The van der Waals surface area contributed by atoms with Crippen LogP contribution in [-0.2, 0) is 4.74 Å². The fourth-order valence-corrected chi connectivity index (χ4v) is 5.24. The summed E-state index contributed by atoms with van der Waals surface area (Å²) in [4.78, 5) is 0. The van der Waals surface area contributed by atoms with Crippen LogP contribution in [0.3, 0.4) is 0 Å². The second-order valence-electron chi connectivity index (χ2n) is 10.0. The van der Waals surface area contributed by atoms with Crippen LogP contribution in [0.2, 0.25) is 0 Å². The zero-order chi connectivity index (χ0) is 20.0. The van der Waals surface area contributed by atoms with Crippen molar-refractivity contribution in [2.24, 2.45) is 34.0 Å². The first kappa shape index (κ1) is 22.0. The van der Waals surface area contributed by atoms with E-state index in [0.29, 0.717) is 35.2 Å². The molecule has 2 aliphatic rings. The highest BCUT2D eigenvalue weighted by atomic mass is 19.4. The van der Waals surface area contributed by atoms with Crippen LogP contribution < -0.4 is 0 Å². The number of alkyl halides is 3. The predicted molar refractivity (Wildman–Crippen MR) is 97.8 cm³/mol. The standard InChI is InChI=1S/C21H37F3O2/c1-14(2)15(3)17-18(4,5)19(17,6)8-7-11-26-13-16(25)12-20(9-10-20)21(22,23)24/h14-17,25H,7-13H2,1-6H3. The highest BCUT2D eigenvalue weighted by Gasteiger charge is 2.68. The molecule has 4 atom stereocenters. The van der Waals surface area contributed by atoms with Crippen LogP contribution in [0.15, 0.2) is 0 Å². The molecule has 1 N–H and O–H groups in total. The molecule has 0 radical (unpaired) electrons. The Morgan fingerprint density at radius 3 is 2.15 bits per heavy atom. The van der Waals surface area contributed by atoms with Crippen LogP contribution in [0.25, 0.3) is 0 Å². The van der Waals surface area contributed by atoms with E-state index >= 15 is 0 Å². The molecule has 0 heterocycles. The van der Waals surface area contributed by atoms with E-state index in [-0.39, 0.29) is 25.9 Å². The molecular formula is C21H37F3O2. The number of hydrogen-bond acceptors (Lipinski definition) is 2. The summed E-state index contributed by atoms with van der Waals surface area (Å²) in [5.41, 5.74) is -1.03. The molecule has 2 fully saturated rings. The molecule has 0 aromatic heterocycles. The van der Waals surface area contributed by atoms with Gasteiger partial charge >= 0.3 is 6.18 Å². The van der Waals surface area contributed by atoms with Crippen molar-refractivity contribution in [3.8, 4) is 0 Å². The van der Waals surface area contributed by atoms with Gasteiger partial charge in [0.05, 0.1) is 18.1 Å². The summed E-state index contributed by atoms with van der Waals surface area (Å²) in [6, 6.07) is 0. The fourth-order valence-electron chi connectivity index (χ4n) is 5.24. The summed E-state index contributed by atoms with van der Waals surface area (Å²) in [5, 5.41) is 9.89. The third kappa shape index (κ3) is 4.09. The van der Waals surface area contributed by atoms with Gasteiger partial charge in [-0.15, -0.1) is 0 Å². The van der Waals surface area contributed by atoms with Gasteiger partial charge in [0.1, 0.15) is 0 Å². The number of hydrogen-bond donors (Lipinski definition) is 1. The SMILES string of the molecule is CC(C)C(C)C1C(C)(C)C1(C)CCCOCC(O)CC1(C(F)(F)F)CC1. The maximum atomic E-state index is 12.9. The molecule has 26 heavy (non-hydrogen) atoms. The number of halogens is 3. The van der Waals surface area contributed by atoms with E-state index < -0.39 is 17.7 Å². The van der Waals surface area contributed by atoms with Crippen molar-refractivity contribution in [3.05, 3.63) is 0 Å². The Labute approximate surface area is 156 Å². The van der Waals surface area contributed by atoms with E-state index in [4.69, 9.17) is 4.74 Å². The van der Waals surface area contributed by atoms with E-state index in [1.54, 1.807) is 0 Å². The Hall–Kier alpha value is -0.290. The fraction of sp³-hybridized carbons (Fsp3) is 1.00. The van der Waals surface area contributed by atoms with Crippen molar-refractivity contribution in [1.82, 2.24) is 0 Å². The van der Waals surface area contributed by atoms with E-state index in [0.717, 1.165) is 12.8 Å².